The molecule has 0 fully saturated rings. The third kappa shape index (κ3) is 4.09. The minimum Gasteiger partial charge on any atom is -0.539 e. The molecule has 0 saturated heterocycles. The van der Waals surface area contributed by atoms with Crippen LogP contribution < -0.4 is 20.0 Å². The lowest BCUT2D eigenvalue weighted by Crippen LogP contribution is -2.34. The van der Waals surface area contributed by atoms with Crippen molar-refractivity contribution in [3.63, 3.8) is 0 Å². The molecule has 0 amide bonds. The van der Waals surface area contributed by atoms with Crippen LogP contribution in [0.15, 0.2) is 63.5 Å². The van der Waals surface area contributed by atoms with Gasteiger partial charge in [-0.1, -0.05) is 29.8 Å². The van der Waals surface area contributed by atoms with Gasteiger partial charge in [-0.2, -0.15) is 5.10 Å². The normalized spacial score (nSPS) is 11.1. The summed E-state index contributed by atoms with van der Waals surface area (Å²) in [6.45, 7) is 2.03. The number of ether oxygens (including phenoxy) is 1. The zero-order valence-electron chi connectivity index (χ0n) is 15.7. The van der Waals surface area contributed by atoms with E-state index in [1.54, 1.807) is 43.0 Å². The molecule has 0 aliphatic rings. The largest absolute Gasteiger partial charge is 0.539 e. The van der Waals surface area contributed by atoms with E-state index in [0.29, 0.717) is 22.3 Å². The van der Waals surface area contributed by atoms with Crippen LogP contribution in [0.5, 0.6) is 11.7 Å². The van der Waals surface area contributed by atoms with Gasteiger partial charge in [0.15, 0.2) is 11.6 Å². The van der Waals surface area contributed by atoms with E-state index >= 15 is 0 Å². The molecule has 0 aliphatic heterocycles. The Balaban J connectivity index is 1.55. The molecule has 4 rings (SSSR count). The van der Waals surface area contributed by atoms with Crippen molar-refractivity contribution in [1.29, 1.82) is 0 Å². The molecule has 2 heterocycles. The minimum absolute atomic E-state index is 0.238. The summed E-state index contributed by atoms with van der Waals surface area (Å²) in [5, 5.41) is 22.5. The van der Waals surface area contributed by atoms with E-state index in [0.717, 1.165) is 5.56 Å². The van der Waals surface area contributed by atoms with E-state index in [-0.39, 0.29) is 5.69 Å². The van der Waals surface area contributed by atoms with Gasteiger partial charge < -0.3 is 14.4 Å². The highest BCUT2D eigenvalue weighted by atomic mass is 32.1. The number of methoxy groups -OCH3 is 1. The molecule has 1 N–H and O–H groups in total. The van der Waals surface area contributed by atoms with Crippen molar-refractivity contribution in [2.24, 2.45) is 5.10 Å². The zero-order chi connectivity index (χ0) is 20.2. The Morgan fingerprint density at radius 1 is 1.17 bits per heavy atom. The second kappa shape index (κ2) is 8.11. The van der Waals surface area contributed by atoms with Gasteiger partial charge in [0, 0.05) is 17.5 Å². The molecule has 0 atom stereocenters. The first kappa shape index (κ1) is 18.6. The fraction of sp³-hybridized carbons (Fsp3) is 0.100. The molecule has 146 valence electrons. The number of benzene rings is 2. The van der Waals surface area contributed by atoms with Crippen molar-refractivity contribution in [2.75, 3.05) is 12.5 Å². The highest BCUT2D eigenvalue weighted by molar-refractivity contribution is 7.14. The summed E-state index contributed by atoms with van der Waals surface area (Å²) in [6, 6.07) is 15.1. The average Bonchev–Trinajstić information content (AvgIpc) is 3.36. The predicted octanol–water partition coefficient (Wildman–Crippen LogP) is 2.91. The predicted molar refractivity (Wildman–Crippen MR) is 108 cm³/mol. The van der Waals surface area contributed by atoms with Crippen LogP contribution in [0, 0.1) is 6.92 Å². The van der Waals surface area contributed by atoms with Gasteiger partial charge in [0.1, 0.15) is 5.75 Å². The van der Waals surface area contributed by atoms with Crippen LogP contribution in [0.3, 0.4) is 0 Å². The summed E-state index contributed by atoms with van der Waals surface area (Å²) in [6.07, 6.45) is 1.70. The summed E-state index contributed by atoms with van der Waals surface area (Å²) in [4.78, 5) is 4.43. The lowest BCUT2D eigenvalue weighted by molar-refractivity contribution is -0.660. The molecule has 2 aromatic heterocycles. The first-order valence-electron chi connectivity index (χ1n) is 8.69. The van der Waals surface area contributed by atoms with Gasteiger partial charge in [0.05, 0.1) is 18.6 Å². The third-order valence-corrected chi connectivity index (χ3v) is 4.87. The van der Waals surface area contributed by atoms with E-state index in [1.807, 2.05) is 31.2 Å². The Kier molecular flexibility index (Phi) is 5.21. The Bertz CT molecular complexity index is 1130. The zero-order valence-corrected chi connectivity index (χ0v) is 16.5. The quantitative estimate of drug-likeness (QED) is 0.300. The van der Waals surface area contributed by atoms with Crippen LogP contribution in [0.2, 0.25) is 0 Å². The third-order valence-electron chi connectivity index (χ3n) is 4.13. The standard InChI is InChI=1S/C20H17N5O3S/c1-13-3-5-14(6-4-13)11-21-23-20-22-17(12-29-20)18-19(26)28-24-25(18)15-7-9-16(27-2)10-8-15/h3-12H,1-2H3,(H-,22,23,24,26)/b21-11+. The van der Waals surface area contributed by atoms with Crippen LogP contribution in [0.1, 0.15) is 11.1 Å². The molecular formula is C20H17N5O3S. The first-order chi connectivity index (χ1) is 14.1. The molecule has 0 unspecified atom stereocenters. The van der Waals surface area contributed by atoms with Crippen molar-refractivity contribution >= 4 is 22.7 Å². The second-order valence-corrected chi connectivity index (χ2v) is 7.00. The Morgan fingerprint density at radius 2 is 1.93 bits per heavy atom. The van der Waals surface area contributed by atoms with Gasteiger partial charge in [-0.15, -0.1) is 11.3 Å². The Hall–Kier alpha value is -3.72. The maximum absolute atomic E-state index is 12.2. The summed E-state index contributed by atoms with van der Waals surface area (Å²) >= 11 is 1.33. The summed E-state index contributed by atoms with van der Waals surface area (Å²) < 4.78 is 11.4. The number of hydrogen-bond acceptors (Lipinski definition) is 8. The molecule has 2 aromatic carbocycles. The highest BCUT2D eigenvalue weighted by Crippen LogP contribution is 2.28. The fourth-order valence-electron chi connectivity index (χ4n) is 2.61. The Morgan fingerprint density at radius 3 is 2.66 bits per heavy atom. The monoisotopic (exact) mass is 407 g/mol. The van der Waals surface area contributed by atoms with E-state index in [1.165, 1.54) is 21.6 Å². The fourth-order valence-corrected chi connectivity index (χ4v) is 3.25. The SMILES string of the molecule is COc1ccc(-[n+]2noc([O-])c2-c2csc(N/N=C/c3ccc(C)cc3)n2)cc1. The number of nitrogens with zero attached hydrogens (tertiary/aromatic N) is 4. The molecule has 0 spiro atoms. The maximum Gasteiger partial charge on any atom is 0.289 e. The van der Waals surface area contributed by atoms with E-state index in [9.17, 15) is 5.11 Å². The van der Waals surface area contributed by atoms with Crippen LogP contribution in [-0.4, -0.2) is 23.6 Å². The van der Waals surface area contributed by atoms with Crippen LogP contribution in [-0.2, 0) is 0 Å². The Labute approximate surface area is 170 Å². The number of anilines is 1. The van der Waals surface area contributed by atoms with Crippen molar-refractivity contribution in [2.45, 2.75) is 6.92 Å². The first-order valence-corrected chi connectivity index (χ1v) is 9.57. The molecule has 4 aromatic rings. The van der Waals surface area contributed by atoms with Crippen molar-refractivity contribution < 1.29 is 19.0 Å². The summed E-state index contributed by atoms with van der Waals surface area (Å²) in [5.41, 5.74) is 6.39. The number of thiazole rings is 1. The number of rotatable bonds is 6. The smallest absolute Gasteiger partial charge is 0.289 e. The lowest BCUT2D eigenvalue weighted by Gasteiger charge is -1.98. The number of hydrazone groups is 1. The van der Waals surface area contributed by atoms with Gasteiger partial charge >= 0.3 is 0 Å². The minimum atomic E-state index is -0.569. The highest BCUT2D eigenvalue weighted by Gasteiger charge is 2.24. The maximum atomic E-state index is 12.2. The van der Waals surface area contributed by atoms with Gasteiger partial charge in [-0.25, -0.2) is 4.98 Å². The van der Waals surface area contributed by atoms with E-state index in [4.69, 9.17) is 9.26 Å². The van der Waals surface area contributed by atoms with E-state index < -0.39 is 5.95 Å². The molecule has 0 bridgehead atoms. The molecule has 0 radical (unpaired) electrons. The van der Waals surface area contributed by atoms with Crippen molar-refractivity contribution in [3.8, 4) is 28.8 Å². The van der Waals surface area contributed by atoms with Crippen molar-refractivity contribution in [1.82, 2.24) is 10.3 Å². The number of hydrogen-bond donors (Lipinski definition) is 1. The average molecular weight is 407 g/mol. The van der Waals surface area contributed by atoms with Gasteiger partial charge in [-0.3, -0.25) is 5.43 Å². The van der Waals surface area contributed by atoms with Crippen molar-refractivity contribution in [3.05, 3.63) is 65.0 Å². The molecule has 29 heavy (non-hydrogen) atoms. The lowest BCUT2D eigenvalue weighted by atomic mass is 10.2. The number of aromatic nitrogens is 3. The number of nitrogens with one attached hydrogen (secondary N) is 1. The van der Waals surface area contributed by atoms with Gasteiger partial charge in [-0.05, 0) is 29.3 Å². The van der Waals surface area contributed by atoms with E-state index in [2.05, 4.69) is 20.8 Å². The van der Waals surface area contributed by atoms with Crippen LogP contribution in [0.25, 0.3) is 17.1 Å². The molecule has 8 nitrogen and oxygen atoms in total. The molecular weight excluding hydrogens is 390 g/mol. The van der Waals surface area contributed by atoms with Crippen LogP contribution >= 0.6 is 11.3 Å². The van der Waals surface area contributed by atoms with Gasteiger partial charge in [0.25, 0.3) is 5.69 Å². The van der Waals surface area contributed by atoms with Crippen LogP contribution in [0.4, 0.5) is 5.13 Å². The topological polar surface area (TPSA) is 99.5 Å². The van der Waals surface area contributed by atoms with Gasteiger partial charge in [0.2, 0.25) is 10.8 Å². The molecule has 0 saturated carbocycles. The molecule has 9 heteroatoms. The second-order valence-electron chi connectivity index (χ2n) is 6.14. The molecule has 0 aliphatic carbocycles. The summed E-state index contributed by atoms with van der Waals surface area (Å²) in [7, 11) is 1.59. The number of aryl methyl sites for hydroxylation is 1. The summed E-state index contributed by atoms with van der Waals surface area (Å²) in [5.74, 6) is 0.133.